The summed E-state index contributed by atoms with van der Waals surface area (Å²) in [7, 11) is 0. The molecule has 6 heteroatoms. The van der Waals surface area contributed by atoms with Crippen LogP contribution in [0.1, 0.15) is 30.4 Å². The van der Waals surface area contributed by atoms with Gasteiger partial charge >= 0.3 is 0 Å². The zero-order valence-electron chi connectivity index (χ0n) is 16.5. The molecule has 0 aliphatic rings. The van der Waals surface area contributed by atoms with E-state index in [0.717, 1.165) is 11.1 Å². The number of nitrogens with one attached hydrogen (secondary N) is 2. The Balaban J connectivity index is 1.65. The Morgan fingerprint density at radius 2 is 1.40 bits per heavy atom. The lowest BCUT2D eigenvalue weighted by atomic mass is 9.91. The highest BCUT2D eigenvalue weighted by atomic mass is 19.1. The predicted octanol–water partition coefficient (Wildman–Crippen LogP) is 4.48. The number of benzene rings is 3. The van der Waals surface area contributed by atoms with Gasteiger partial charge in [0.2, 0.25) is 5.91 Å². The van der Waals surface area contributed by atoms with Crippen molar-refractivity contribution in [1.29, 1.82) is 0 Å². The molecule has 0 aromatic heterocycles. The van der Waals surface area contributed by atoms with Gasteiger partial charge in [0, 0.05) is 11.4 Å². The summed E-state index contributed by atoms with van der Waals surface area (Å²) in [5.41, 5.74) is 5.21. The Kier molecular flexibility index (Phi) is 7.05. The summed E-state index contributed by atoms with van der Waals surface area (Å²) in [5.74, 6) is -1.48. The smallest absolute Gasteiger partial charge is 0.252 e. The van der Waals surface area contributed by atoms with Gasteiger partial charge in [-0.3, -0.25) is 9.59 Å². The van der Waals surface area contributed by atoms with E-state index in [0.29, 0.717) is 11.4 Å². The number of hydrazone groups is 1. The van der Waals surface area contributed by atoms with E-state index in [2.05, 4.69) is 15.8 Å². The molecule has 5 nitrogen and oxygen atoms in total. The van der Waals surface area contributed by atoms with Crippen LogP contribution in [0, 0.1) is 5.82 Å². The van der Waals surface area contributed by atoms with E-state index < -0.39 is 5.92 Å². The van der Waals surface area contributed by atoms with E-state index in [4.69, 9.17) is 0 Å². The first-order valence-electron chi connectivity index (χ1n) is 9.51. The minimum absolute atomic E-state index is 0.000995. The molecule has 0 atom stereocenters. The van der Waals surface area contributed by atoms with Gasteiger partial charge in [-0.1, -0.05) is 60.7 Å². The largest absolute Gasteiger partial charge is 0.326 e. The van der Waals surface area contributed by atoms with Crippen molar-refractivity contribution in [2.45, 2.75) is 19.3 Å². The van der Waals surface area contributed by atoms with Gasteiger partial charge in [-0.2, -0.15) is 5.10 Å². The molecule has 0 aliphatic heterocycles. The number of hydrogen-bond acceptors (Lipinski definition) is 3. The van der Waals surface area contributed by atoms with Crippen molar-refractivity contribution in [3.63, 3.8) is 0 Å². The monoisotopic (exact) mass is 403 g/mol. The third-order valence-corrected chi connectivity index (χ3v) is 4.43. The summed E-state index contributed by atoms with van der Waals surface area (Å²) in [6.07, 6.45) is -0.000995. The number of rotatable bonds is 7. The number of nitrogens with zero attached hydrogens (tertiary/aromatic N) is 1. The van der Waals surface area contributed by atoms with Crippen LogP contribution in [-0.2, 0) is 9.59 Å². The van der Waals surface area contributed by atoms with Crippen LogP contribution in [-0.4, -0.2) is 17.5 Å². The average molecular weight is 403 g/mol. The van der Waals surface area contributed by atoms with E-state index in [1.807, 2.05) is 60.7 Å². The Labute approximate surface area is 174 Å². The molecule has 0 fully saturated rings. The van der Waals surface area contributed by atoms with Crippen molar-refractivity contribution in [3.8, 4) is 0 Å². The lowest BCUT2D eigenvalue weighted by molar-refractivity contribution is -0.121. The van der Waals surface area contributed by atoms with E-state index in [1.165, 1.54) is 24.3 Å². The first kappa shape index (κ1) is 20.9. The van der Waals surface area contributed by atoms with Crippen LogP contribution in [0.3, 0.4) is 0 Å². The minimum atomic E-state index is -0.517. The highest BCUT2D eigenvalue weighted by molar-refractivity contribution is 6.05. The van der Waals surface area contributed by atoms with Crippen LogP contribution in [0.2, 0.25) is 0 Å². The molecule has 3 aromatic carbocycles. The molecule has 0 radical (unpaired) electrons. The van der Waals surface area contributed by atoms with Crippen LogP contribution in [0.15, 0.2) is 90.0 Å². The first-order chi connectivity index (χ1) is 14.5. The van der Waals surface area contributed by atoms with E-state index >= 15 is 0 Å². The zero-order chi connectivity index (χ0) is 21.3. The predicted molar refractivity (Wildman–Crippen MR) is 116 cm³/mol. The second-order valence-electron chi connectivity index (χ2n) is 6.81. The molecule has 0 bridgehead atoms. The maximum Gasteiger partial charge on any atom is 0.252 e. The van der Waals surface area contributed by atoms with Crippen LogP contribution < -0.4 is 10.7 Å². The third-order valence-electron chi connectivity index (χ3n) is 4.43. The molecule has 2 N–H and O–H groups in total. The third kappa shape index (κ3) is 5.85. The molecular formula is C24H22FN3O2. The fraction of sp³-hybridized carbons (Fsp3) is 0.125. The van der Waals surface area contributed by atoms with Gasteiger partial charge in [0.25, 0.3) is 5.91 Å². The standard InChI is InChI=1S/C24H22FN3O2/c1-17(16-22(29)26-21-14-12-20(25)13-15-21)27-28-24(30)23(18-8-4-2-5-9-18)19-10-6-3-7-11-19/h2-15,23H,16H2,1H3,(H,26,29)(H,28,30)/b27-17-. The van der Waals surface area contributed by atoms with Gasteiger partial charge in [0.1, 0.15) is 5.82 Å². The minimum Gasteiger partial charge on any atom is -0.326 e. The van der Waals surface area contributed by atoms with Crippen LogP contribution in [0.25, 0.3) is 0 Å². The summed E-state index contributed by atoms with van der Waals surface area (Å²) in [5, 5.41) is 6.75. The number of anilines is 1. The molecule has 2 amide bonds. The van der Waals surface area contributed by atoms with Crippen LogP contribution >= 0.6 is 0 Å². The van der Waals surface area contributed by atoms with Gasteiger partial charge in [-0.25, -0.2) is 9.82 Å². The van der Waals surface area contributed by atoms with E-state index in [-0.39, 0.29) is 24.1 Å². The highest BCUT2D eigenvalue weighted by Crippen LogP contribution is 2.24. The van der Waals surface area contributed by atoms with Gasteiger partial charge in [-0.05, 0) is 42.3 Å². The SMILES string of the molecule is C/C(CC(=O)Nc1ccc(F)cc1)=N/NC(=O)C(c1ccccc1)c1ccccc1. The second-order valence-corrected chi connectivity index (χ2v) is 6.81. The summed E-state index contributed by atoms with van der Waals surface area (Å²) in [6.45, 7) is 1.66. The van der Waals surface area contributed by atoms with Gasteiger partial charge in [-0.15, -0.1) is 0 Å². The molecular weight excluding hydrogens is 381 g/mol. The molecule has 3 rings (SSSR count). The van der Waals surface area contributed by atoms with Crippen molar-refractivity contribution in [1.82, 2.24) is 5.43 Å². The van der Waals surface area contributed by atoms with E-state index in [1.54, 1.807) is 6.92 Å². The van der Waals surface area contributed by atoms with Crippen LogP contribution in [0.5, 0.6) is 0 Å². The van der Waals surface area contributed by atoms with E-state index in [9.17, 15) is 14.0 Å². The average Bonchev–Trinajstić information content (AvgIpc) is 2.75. The maximum atomic E-state index is 12.9. The number of carbonyl (C=O) groups is 2. The molecule has 0 saturated heterocycles. The highest BCUT2D eigenvalue weighted by Gasteiger charge is 2.22. The lowest BCUT2D eigenvalue weighted by Gasteiger charge is -2.16. The molecule has 0 spiro atoms. The Bertz CT molecular complexity index is 980. The number of amides is 2. The van der Waals surface area contributed by atoms with Crippen molar-refractivity contribution >= 4 is 23.2 Å². The summed E-state index contributed by atoms with van der Waals surface area (Å²) < 4.78 is 12.9. The maximum absolute atomic E-state index is 12.9. The molecule has 0 heterocycles. The van der Waals surface area contributed by atoms with Gasteiger partial charge in [0.05, 0.1) is 12.3 Å². The number of halogens is 1. The Hall–Kier alpha value is -3.80. The Morgan fingerprint density at radius 1 is 0.867 bits per heavy atom. The normalized spacial score (nSPS) is 11.2. The quantitative estimate of drug-likeness (QED) is 0.451. The second kappa shape index (κ2) is 10.1. The van der Waals surface area contributed by atoms with Crippen molar-refractivity contribution in [2.75, 3.05) is 5.32 Å². The van der Waals surface area contributed by atoms with Crippen molar-refractivity contribution in [2.24, 2.45) is 5.10 Å². The number of hydrogen-bond donors (Lipinski definition) is 2. The summed E-state index contributed by atoms with van der Waals surface area (Å²) >= 11 is 0. The number of carbonyl (C=O) groups excluding carboxylic acids is 2. The lowest BCUT2D eigenvalue weighted by Crippen LogP contribution is -2.27. The molecule has 0 unspecified atom stereocenters. The first-order valence-corrected chi connectivity index (χ1v) is 9.51. The van der Waals surface area contributed by atoms with Gasteiger partial charge < -0.3 is 5.32 Å². The molecule has 0 aliphatic carbocycles. The van der Waals surface area contributed by atoms with Crippen molar-refractivity contribution < 1.29 is 14.0 Å². The molecule has 3 aromatic rings. The molecule has 152 valence electrons. The topological polar surface area (TPSA) is 70.6 Å². The fourth-order valence-electron chi connectivity index (χ4n) is 3.01. The Morgan fingerprint density at radius 3 is 1.93 bits per heavy atom. The van der Waals surface area contributed by atoms with Crippen LogP contribution in [0.4, 0.5) is 10.1 Å². The zero-order valence-corrected chi connectivity index (χ0v) is 16.5. The van der Waals surface area contributed by atoms with Gasteiger partial charge in [0.15, 0.2) is 0 Å². The molecule has 0 saturated carbocycles. The molecule has 30 heavy (non-hydrogen) atoms. The fourth-order valence-corrected chi connectivity index (χ4v) is 3.01. The summed E-state index contributed by atoms with van der Waals surface area (Å²) in [6, 6.07) is 24.4. The summed E-state index contributed by atoms with van der Waals surface area (Å²) in [4.78, 5) is 25.0. The van der Waals surface area contributed by atoms with Crippen molar-refractivity contribution in [3.05, 3.63) is 102 Å².